The van der Waals surface area contributed by atoms with Crippen molar-refractivity contribution < 1.29 is 13.2 Å². The first-order valence-corrected chi connectivity index (χ1v) is 13.8. The molecule has 1 atom stereocenters. The standard InChI is InChI=1S/C29H34N2O3S/c1-4-27(25-16-15-23-10-8-9-11-24(23)19-25)30-29(32)20-31(28-17-14-21(2)18-22(28)3)35(33,34)26-12-6-5-7-13-26/h5-7,12-19,27H,4,8-11,20H2,1-3H3,(H,30,32). The quantitative estimate of drug-likeness (QED) is 0.444. The highest BCUT2D eigenvalue weighted by Crippen LogP contribution is 2.29. The molecule has 35 heavy (non-hydrogen) atoms. The zero-order valence-electron chi connectivity index (χ0n) is 20.8. The summed E-state index contributed by atoms with van der Waals surface area (Å²) in [6.45, 7) is 5.58. The van der Waals surface area contributed by atoms with Crippen molar-refractivity contribution in [3.63, 3.8) is 0 Å². The summed E-state index contributed by atoms with van der Waals surface area (Å²) in [6.07, 6.45) is 5.33. The van der Waals surface area contributed by atoms with Gasteiger partial charge in [0, 0.05) is 0 Å². The number of nitrogens with zero attached hydrogens (tertiary/aromatic N) is 1. The van der Waals surface area contributed by atoms with Crippen molar-refractivity contribution in [2.24, 2.45) is 0 Å². The normalized spacial score (nSPS) is 14.1. The van der Waals surface area contributed by atoms with Crippen LogP contribution in [0, 0.1) is 13.8 Å². The molecule has 0 fully saturated rings. The third-order valence-corrected chi connectivity index (χ3v) is 8.53. The fourth-order valence-electron chi connectivity index (χ4n) is 4.87. The van der Waals surface area contributed by atoms with Crippen LogP contribution in [0.2, 0.25) is 0 Å². The van der Waals surface area contributed by atoms with E-state index in [0.717, 1.165) is 36.0 Å². The first-order chi connectivity index (χ1) is 16.8. The van der Waals surface area contributed by atoms with Gasteiger partial charge in [-0.3, -0.25) is 9.10 Å². The number of carbonyl (C=O) groups is 1. The molecule has 5 nitrogen and oxygen atoms in total. The van der Waals surface area contributed by atoms with Crippen molar-refractivity contribution >= 4 is 21.6 Å². The maximum Gasteiger partial charge on any atom is 0.264 e. The van der Waals surface area contributed by atoms with Crippen LogP contribution in [0.25, 0.3) is 0 Å². The molecular formula is C29H34N2O3S. The second kappa shape index (κ2) is 10.6. The minimum absolute atomic E-state index is 0.162. The number of amides is 1. The molecule has 1 aliphatic carbocycles. The van der Waals surface area contributed by atoms with Crippen molar-refractivity contribution in [1.82, 2.24) is 5.32 Å². The highest BCUT2D eigenvalue weighted by Gasteiger charge is 2.29. The number of rotatable bonds is 8. The molecule has 0 aliphatic heterocycles. The largest absolute Gasteiger partial charge is 0.348 e. The van der Waals surface area contributed by atoms with Gasteiger partial charge in [0.1, 0.15) is 6.54 Å². The molecule has 4 rings (SSSR count). The molecule has 0 radical (unpaired) electrons. The SMILES string of the molecule is CCC(NC(=O)CN(c1ccc(C)cc1C)S(=O)(=O)c1ccccc1)c1ccc2c(c1)CCCC2. The Labute approximate surface area is 209 Å². The van der Waals surface area contributed by atoms with E-state index < -0.39 is 10.0 Å². The third-order valence-electron chi connectivity index (χ3n) is 6.76. The van der Waals surface area contributed by atoms with E-state index in [9.17, 15) is 13.2 Å². The van der Waals surface area contributed by atoms with E-state index in [4.69, 9.17) is 0 Å². The number of carbonyl (C=O) groups excluding carboxylic acids is 1. The van der Waals surface area contributed by atoms with E-state index in [2.05, 4.69) is 23.5 Å². The van der Waals surface area contributed by atoms with Crippen LogP contribution in [0.5, 0.6) is 0 Å². The van der Waals surface area contributed by atoms with Crippen LogP contribution in [0.15, 0.2) is 71.6 Å². The van der Waals surface area contributed by atoms with Gasteiger partial charge < -0.3 is 5.32 Å². The number of benzene rings is 3. The summed E-state index contributed by atoms with van der Waals surface area (Å²) < 4.78 is 28.5. The fourth-order valence-corrected chi connectivity index (χ4v) is 6.37. The van der Waals surface area contributed by atoms with E-state index in [1.807, 2.05) is 32.9 Å². The Morgan fingerprint density at radius 1 is 0.943 bits per heavy atom. The molecule has 1 amide bonds. The van der Waals surface area contributed by atoms with E-state index in [1.54, 1.807) is 36.4 Å². The Hall–Kier alpha value is -3.12. The molecule has 0 aromatic heterocycles. The summed E-state index contributed by atoms with van der Waals surface area (Å²) in [6, 6.07) is 20.2. The van der Waals surface area contributed by atoms with Crippen LogP contribution in [0.1, 0.15) is 60.0 Å². The van der Waals surface area contributed by atoms with Gasteiger partial charge >= 0.3 is 0 Å². The van der Waals surface area contributed by atoms with Crippen molar-refractivity contribution in [2.75, 3.05) is 10.8 Å². The van der Waals surface area contributed by atoms with Gasteiger partial charge in [-0.25, -0.2) is 8.42 Å². The van der Waals surface area contributed by atoms with Crippen LogP contribution in [-0.4, -0.2) is 20.9 Å². The Morgan fingerprint density at radius 2 is 1.66 bits per heavy atom. The van der Waals surface area contributed by atoms with Crippen LogP contribution < -0.4 is 9.62 Å². The third kappa shape index (κ3) is 5.59. The summed E-state index contributed by atoms with van der Waals surface area (Å²) in [7, 11) is -3.93. The van der Waals surface area contributed by atoms with Gasteiger partial charge in [-0.1, -0.05) is 61.0 Å². The summed E-state index contributed by atoms with van der Waals surface area (Å²) in [5, 5.41) is 3.10. The van der Waals surface area contributed by atoms with E-state index in [1.165, 1.54) is 28.3 Å². The Morgan fingerprint density at radius 3 is 2.34 bits per heavy atom. The van der Waals surface area contributed by atoms with Gasteiger partial charge in [0.25, 0.3) is 10.0 Å². The molecule has 0 saturated heterocycles. The van der Waals surface area contributed by atoms with Crippen molar-refractivity contribution in [3.05, 3.63) is 94.5 Å². The molecular weight excluding hydrogens is 456 g/mol. The maximum absolute atomic E-state index is 13.6. The highest BCUT2D eigenvalue weighted by atomic mass is 32.2. The number of anilines is 1. The number of hydrogen-bond donors (Lipinski definition) is 1. The van der Waals surface area contributed by atoms with Crippen LogP contribution in [-0.2, 0) is 27.7 Å². The minimum atomic E-state index is -3.93. The smallest absolute Gasteiger partial charge is 0.264 e. The molecule has 3 aromatic rings. The Balaban J connectivity index is 1.62. The van der Waals surface area contributed by atoms with Crippen molar-refractivity contribution in [1.29, 1.82) is 0 Å². The summed E-state index contributed by atoms with van der Waals surface area (Å²) in [5.41, 5.74) is 6.19. The Kier molecular flexibility index (Phi) is 7.60. The number of nitrogens with one attached hydrogen (secondary N) is 1. The minimum Gasteiger partial charge on any atom is -0.348 e. The molecule has 3 aromatic carbocycles. The molecule has 0 spiro atoms. The molecule has 0 heterocycles. The molecule has 184 valence electrons. The second-order valence-electron chi connectivity index (χ2n) is 9.38. The molecule has 6 heteroatoms. The first-order valence-electron chi connectivity index (χ1n) is 12.4. The molecule has 1 aliphatic rings. The molecule has 0 bridgehead atoms. The number of aryl methyl sites for hydroxylation is 4. The molecule has 0 saturated carbocycles. The number of fused-ring (bicyclic) bond motifs is 1. The summed E-state index contributed by atoms with van der Waals surface area (Å²) in [5.74, 6) is -0.325. The molecule has 1 N–H and O–H groups in total. The van der Waals surface area contributed by atoms with E-state index in [0.29, 0.717) is 5.69 Å². The molecule has 1 unspecified atom stereocenters. The van der Waals surface area contributed by atoms with Crippen LogP contribution >= 0.6 is 0 Å². The summed E-state index contributed by atoms with van der Waals surface area (Å²) >= 11 is 0. The van der Waals surface area contributed by atoms with Gasteiger partial charge in [-0.2, -0.15) is 0 Å². The zero-order chi connectivity index (χ0) is 25.0. The highest BCUT2D eigenvalue weighted by molar-refractivity contribution is 7.92. The number of sulfonamides is 1. The average molecular weight is 491 g/mol. The van der Waals surface area contributed by atoms with E-state index in [-0.39, 0.29) is 23.4 Å². The lowest BCUT2D eigenvalue weighted by atomic mass is 9.89. The average Bonchev–Trinajstić information content (AvgIpc) is 2.86. The van der Waals surface area contributed by atoms with Gasteiger partial charge in [0.2, 0.25) is 5.91 Å². The van der Waals surface area contributed by atoms with Gasteiger partial charge in [0.05, 0.1) is 16.6 Å². The van der Waals surface area contributed by atoms with Crippen LogP contribution in [0.3, 0.4) is 0 Å². The lowest BCUT2D eigenvalue weighted by Gasteiger charge is -2.27. The first kappa shape index (κ1) is 25.0. The Bertz CT molecular complexity index is 1300. The van der Waals surface area contributed by atoms with Crippen molar-refractivity contribution in [3.8, 4) is 0 Å². The van der Waals surface area contributed by atoms with Crippen molar-refractivity contribution in [2.45, 2.75) is 63.8 Å². The lowest BCUT2D eigenvalue weighted by molar-refractivity contribution is -0.120. The van der Waals surface area contributed by atoms with Crippen LogP contribution in [0.4, 0.5) is 5.69 Å². The van der Waals surface area contributed by atoms with Gasteiger partial charge in [0.15, 0.2) is 0 Å². The van der Waals surface area contributed by atoms with Gasteiger partial charge in [-0.05, 0) is 86.4 Å². The maximum atomic E-state index is 13.6. The fraction of sp³-hybridized carbons (Fsp3) is 0.345. The lowest BCUT2D eigenvalue weighted by Crippen LogP contribution is -2.42. The number of hydrogen-bond acceptors (Lipinski definition) is 3. The summed E-state index contributed by atoms with van der Waals surface area (Å²) in [4.78, 5) is 13.5. The monoisotopic (exact) mass is 490 g/mol. The zero-order valence-corrected chi connectivity index (χ0v) is 21.6. The van der Waals surface area contributed by atoms with E-state index >= 15 is 0 Å². The topological polar surface area (TPSA) is 66.5 Å². The van der Waals surface area contributed by atoms with Gasteiger partial charge in [-0.15, -0.1) is 0 Å². The predicted octanol–water partition coefficient (Wildman–Crippen LogP) is 5.65. The second-order valence-corrected chi connectivity index (χ2v) is 11.2. The predicted molar refractivity (Wildman–Crippen MR) is 141 cm³/mol.